The zero-order valence-electron chi connectivity index (χ0n) is 11.8. The molecular weight excluding hydrogens is 240 g/mol. The molecule has 0 aliphatic carbocycles. The fourth-order valence-corrected chi connectivity index (χ4v) is 2.25. The first-order chi connectivity index (χ1) is 9.19. The molecule has 19 heavy (non-hydrogen) atoms. The standard InChI is InChI=1S/C15H24N2O2/c1-3-17-7-8-18-15(10-17)11-19-14-6-4-5-13(9-14)12(2)16/h4-6,9,12,15H,3,7-8,10-11,16H2,1-2H3/t12-,15?/m1/s1. The predicted molar refractivity (Wildman–Crippen MR) is 76.4 cm³/mol. The third-order valence-corrected chi connectivity index (χ3v) is 3.49. The van der Waals surface area contributed by atoms with Gasteiger partial charge in [0.15, 0.2) is 0 Å². The number of likely N-dealkylation sites (N-methyl/N-ethyl adjacent to an activating group) is 1. The Morgan fingerprint density at radius 3 is 3.11 bits per heavy atom. The topological polar surface area (TPSA) is 47.7 Å². The number of morpholine rings is 1. The van der Waals surface area contributed by atoms with Crippen molar-refractivity contribution in [2.75, 3.05) is 32.8 Å². The maximum atomic E-state index is 5.87. The first kappa shape index (κ1) is 14.3. The molecule has 0 saturated carbocycles. The highest BCUT2D eigenvalue weighted by atomic mass is 16.5. The highest BCUT2D eigenvalue weighted by molar-refractivity contribution is 5.30. The Morgan fingerprint density at radius 1 is 1.53 bits per heavy atom. The van der Waals surface area contributed by atoms with E-state index in [0.29, 0.717) is 6.61 Å². The van der Waals surface area contributed by atoms with Gasteiger partial charge in [0.25, 0.3) is 0 Å². The molecular formula is C15H24N2O2. The molecule has 4 nitrogen and oxygen atoms in total. The second kappa shape index (κ2) is 6.89. The normalized spacial score (nSPS) is 22.2. The summed E-state index contributed by atoms with van der Waals surface area (Å²) in [5.74, 6) is 0.868. The van der Waals surface area contributed by atoms with Crippen LogP contribution in [0.25, 0.3) is 0 Å². The van der Waals surface area contributed by atoms with Crippen molar-refractivity contribution in [2.24, 2.45) is 5.73 Å². The lowest BCUT2D eigenvalue weighted by atomic mass is 10.1. The third kappa shape index (κ3) is 4.20. The fourth-order valence-electron chi connectivity index (χ4n) is 2.25. The Labute approximate surface area is 115 Å². The number of benzene rings is 1. The molecule has 2 N–H and O–H groups in total. The van der Waals surface area contributed by atoms with Crippen LogP contribution in [0, 0.1) is 0 Å². The van der Waals surface area contributed by atoms with E-state index in [1.54, 1.807) is 0 Å². The molecule has 1 aromatic carbocycles. The van der Waals surface area contributed by atoms with Gasteiger partial charge in [0.2, 0.25) is 0 Å². The Kier molecular flexibility index (Phi) is 5.19. The van der Waals surface area contributed by atoms with E-state index in [4.69, 9.17) is 15.2 Å². The van der Waals surface area contributed by atoms with E-state index in [1.807, 2.05) is 31.2 Å². The molecule has 1 aromatic rings. The van der Waals surface area contributed by atoms with Crippen LogP contribution in [0.3, 0.4) is 0 Å². The highest BCUT2D eigenvalue weighted by Crippen LogP contribution is 2.18. The average molecular weight is 264 g/mol. The molecule has 0 bridgehead atoms. The van der Waals surface area contributed by atoms with Crippen LogP contribution >= 0.6 is 0 Å². The number of rotatable bonds is 5. The van der Waals surface area contributed by atoms with E-state index in [0.717, 1.165) is 37.6 Å². The maximum Gasteiger partial charge on any atom is 0.119 e. The van der Waals surface area contributed by atoms with Crippen molar-refractivity contribution in [1.29, 1.82) is 0 Å². The number of nitrogens with zero attached hydrogens (tertiary/aromatic N) is 1. The summed E-state index contributed by atoms with van der Waals surface area (Å²) in [5, 5.41) is 0. The first-order valence-corrected chi connectivity index (χ1v) is 7.01. The predicted octanol–water partition coefficient (Wildman–Crippen LogP) is 1.81. The number of nitrogens with two attached hydrogens (primary N) is 1. The summed E-state index contributed by atoms with van der Waals surface area (Å²) in [6, 6.07) is 8.00. The summed E-state index contributed by atoms with van der Waals surface area (Å²) in [7, 11) is 0. The molecule has 1 saturated heterocycles. The minimum atomic E-state index is 0.0325. The Bertz CT molecular complexity index is 395. The molecule has 0 spiro atoms. The molecule has 1 fully saturated rings. The lowest BCUT2D eigenvalue weighted by Gasteiger charge is -2.31. The van der Waals surface area contributed by atoms with Crippen molar-refractivity contribution >= 4 is 0 Å². The van der Waals surface area contributed by atoms with Crippen molar-refractivity contribution in [1.82, 2.24) is 4.90 Å². The van der Waals surface area contributed by atoms with Crippen LogP contribution in [-0.2, 0) is 4.74 Å². The van der Waals surface area contributed by atoms with Gasteiger partial charge in [-0.3, -0.25) is 4.90 Å². The number of ether oxygens (including phenoxy) is 2. The number of hydrogen-bond acceptors (Lipinski definition) is 4. The molecule has 2 atom stereocenters. The van der Waals surface area contributed by atoms with Gasteiger partial charge >= 0.3 is 0 Å². The second-order valence-electron chi connectivity index (χ2n) is 5.06. The molecule has 106 valence electrons. The van der Waals surface area contributed by atoms with Crippen molar-refractivity contribution in [3.63, 3.8) is 0 Å². The van der Waals surface area contributed by atoms with Crippen LogP contribution in [0.1, 0.15) is 25.5 Å². The molecule has 1 aliphatic rings. The Hall–Kier alpha value is -1.10. The van der Waals surface area contributed by atoms with Gasteiger partial charge in [-0.1, -0.05) is 19.1 Å². The van der Waals surface area contributed by atoms with Gasteiger partial charge in [-0.15, -0.1) is 0 Å². The van der Waals surface area contributed by atoms with Gasteiger partial charge in [-0.2, -0.15) is 0 Å². The van der Waals surface area contributed by atoms with Crippen LogP contribution in [0.4, 0.5) is 0 Å². The van der Waals surface area contributed by atoms with E-state index in [2.05, 4.69) is 11.8 Å². The van der Waals surface area contributed by atoms with Crippen molar-refractivity contribution in [2.45, 2.75) is 26.0 Å². The maximum absolute atomic E-state index is 5.87. The highest BCUT2D eigenvalue weighted by Gasteiger charge is 2.19. The van der Waals surface area contributed by atoms with E-state index in [9.17, 15) is 0 Å². The van der Waals surface area contributed by atoms with Crippen LogP contribution < -0.4 is 10.5 Å². The summed E-state index contributed by atoms with van der Waals surface area (Å²) in [4.78, 5) is 2.38. The average Bonchev–Trinajstić information content (AvgIpc) is 2.45. The zero-order valence-corrected chi connectivity index (χ0v) is 11.8. The van der Waals surface area contributed by atoms with E-state index >= 15 is 0 Å². The molecule has 1 unspecified atom stereocenters. The second-order valence-corrected chi connectivity index (χ2v) is 5.06. The molecule has 0 aromatic heterocycles. The smallest absolute Gasteiger partial charge is 0.119 e. The Balaban J connectivity index is 1.86. The lowest BCUT2D eigenvalue weighted by molar-refractivity contribution is -0.0464. The van der Waals surface area contributed by atoms with Crippen molar-refractivity contribution < 1.29 is 9.47 Å². The molecule has 0 radical (unpaired) electrons. The lowest BCUT2D eigenvalue weighted by Crippen LogP contribution is -2.44. The fraction of sp³-hybridized carbons (Fsp3) is 0.600. The van der Waals surface area contributed by atoms with Gasteiger partial charge in [-0.05, 0) is 31.2 Å². The SMILES string of the molecule is CCN1CCOC(COc2cccc([C@@H](C)N)c2)C1. The summed E-state index contributed by atoms with van der Waals surface area (Å²) in [6.45, 7) is 8.58. The summed E-state index contributed by atoms with van der Waals surface area (Å²) < 4.78 is 11.5. The zero-order chi connectivity index (χ0) is 13.7. The summed E-state index contributed by atoms with van der Waals surface area (Å²) in [5.41, 5.74) is 6.97. The van der Waals surface area contributed by atoms with Gasteiger partial charge in [0.1, 0.15) is 18.5 Å². The van der Waals surface area contributed by atoms with Gasteiger partial charge in [0.05, 0.1) is 6.61 Å². The van der Waals surface area contributed by atoms with E-state index in [1.165, 1.54) is 0 Å². The van der Waals surface area contributed by atoms with Gasteiger partial charge in [0, 0.05) is 19.1 Å². The number of hydrogen-bond donors (Lipinski definition) is 1. The van der Waals surface area contributed by atoms with Crippen LogP contribution in [0.15, 0.2) is 24.3 Å². The van der Waals surface area contributed by atoms with E-state index < -0.39 is 0 Å². The minimum absolute atomic E-state index is 0.0325. The Morgan fingerprint density at radius 2 is 2.37 bits per heavy atom. The quantitative estimate of drug-likeness (QED) is 0.881. The summed E-state index contributed by atoms with van der Waals surface area (Å²) >= 11 is 0. The molecule has 2 rings (SSSR count). The monoisotopic (exact) mass is 264 g/mol. The van der Waals surface area contributed by atoms with Crippen LogP contribution in [0.5, 0.6) is 5.75 Å². The third-order valence-electron chi connectivity index (χ3n) is 3.49. The first-order valence-electron chi connectivity index (χ1n) is 7.01. The van der Waals surface area contributed by atoms with Crippen molar-refractivity contribution in [3.05, 3.63) is 29.8 Å². The molecule has 1 heterocycles. The molecule has 4 heteroatoms. The van der Waals surface area contributed by atoms with Gasteiger partial charge < -0.3 is 15.2 Å². The van der Waals surface area contributed by atoms with Crippen molar-refractivity contribution in [3.8, 4) is 5.75 Å². The largest absolute Gasteiger partial charge is 0.491 e. The van der Waals surface area contributed by atoms with E-state index in [-0.39, 0.29) is 12.1 Å². The molecule has 0 amide bonds. The summed E-state index contributed by atoms with van der Waals surface area (Å²) in [6.07, 6.45) is 0.160. The van der Waals surface area contributed by atoms with Gasteiger partial charge in [-0.25, -0.2) is 0 Å². The minimum Gasteiger partial charge on any atom is -0.491 e. The van der Waals surface area contributed by atoms with Crippen LogP contribution in [0.2, 0.25) is 0 Å². The molecule has 1 aliphatic heterocycles. The van der Waals surface area contributed by atoms with Crippen LogP contribution in [-0.4, -0.2) is 43.9 Å².